The second-order valence-electron chi connectivity index (χ2n) is 6.13. The molecule has 3 heteroatoms. The van der Waals surface area contributed by atoms with Crippen molar-refractivity contribution in [2.75, 3.05) is 13.1 Å². The fourth-order valence-corrected chi connectivity index (χ4v) is 2.83. The van der Waals surface area contributed by atoms with Crippen LogP contribution in [0.4, 0.5) is 0 Å². The van der Waals surface area contributed by atoms with E-state index in [0.717, 1.165) is 49.5 Å². The smallest absolute Gasteiger partial charge is 0.130 e. The van der Waals surface area contributed by atoms with Gasteiger partial charge in [0.15, 0.2) is 0 Å². The molecule has 0 spiro atoms. The van der Waals surface area contributed by atoms with Crippen molar-refractivity contribution < 1.29 is 4.74 Å². The summed E-state index contributed by atoms with van der Waals surface area (Å²) in [6, 6.07) is 16.9. The van der Waals surface area contributed by atoms with Crippen molar-refractivity contribution >= 4 is 0 Å². The van der Waals surface area contributed by atoms with Gasteiger partial charge < -0.3 is 10.5 Å². The first-order chi connectivity index (χ1) is 10.7. The lowest BCUT2D eigenvalue weighted by atomic mass is 10.1. The van der Waals surface area contributed by atoms with E-state index in [0.29, 0.717) is 6.04 Å². The van der Waals surface area contributed by atoms with Crippen LogP contribution in [0, 0.1) is 6.92 Å². The highest BCUT2D eigenvalue weighted by molar-refractivity contribution is 5.37. The van der Waals surface area contributed by atoms with Gasteiger partial charge in [-0.1, -0.05) is 30.3 Å². The minimum Gasteiger partial charge on any atom is -0.457 e. The number of piperidine rings is 1. The van der Waals surface area contributed by atoms with E-state index in [1.54, 1.807) is 0 Å². The Kier molecular flexibility index (Phi) is 4.76. The SMILES string of the molecule is Cc1ccccc1Oc1ccc(CN2CCC(N)CC2)cc1. The van der Waals surface area contributed by atoms with E-state index >= 15 is 0 Å². The number of rotatable bonds is 4. The Morgan fingerprint density at radius 1 is 1.05 bits per heavy atom. The average molecular weight is 296 g/mol. The molecule has 0 aromatic heterocycles. The van der Waals surface area contributed by atoms with Crippen molar-refractivity contribution in [1.29, 1.82) is 0 Å². The first-order valence-corrected chi connectivity index (χ1v) is 8.01. The summed E-state index contributed by atoms with van der Waals surface area (Å²) in [5.74, 6) is 1.80. The molecule has 3 rings (SSSR count). The van der Waals surface area contributed by atoms with Crippen molar-refractivity contribution in [2.45, 2.75) is 32.4 Å². The number of hydrogen-bond acceptors (Lipinski definition) is 3. The Morgan fingerprint density at radius 3 is 2.41 bits per heavy atom. The molecule has 0 radical (unpaired) electrons. The van der Waals surface area contributed by atoms with Gasteiger partial charge in [0.05, 0.1) is 0 Å². The fraction of sp³-hybridized carbons (Fsp3) is 0.368. The highest BCUT2D eigenvalue weighted by Crippen LogP contribution is 2.25. The van der Waals surface area contributed by atoms with Crippen molar-refractivity contribution in [1.82, 2.24) is 4.90 Å². The molecular weight excluding hydrogens is 272 g/mol. The van der Waals surface area contributed by atoms with E-state index in [9.17, 15) is 0 Å². The number of para-hydroxylation sites is 1. The summed E-state index contributed by atoms with van der Waals surface area (Å²) in [6.45, 7) is 5.26. The van der Waals surface area contributed by atoms with Crippen LogP contribution < -0.4 is 10.5 Å². The molecule has 0 amide bonds. The van der Waals surface area contributed by atoms with Gasteiger partial charge in [-0.3, -0.25) is 4.90 Å². The Labute approximate surface area is 132 Å². The van der Waals surface area contributed by atoms with Crippen molar-refractivity contribution in [3.63, 3.8) is 0 Å². The molecule has 0 unspecified atom stereocenters. The van der Waals surface area contributed by atoms with E-state index in [-0.39, 0.29) is 0 Å². The van der Waals surface area contributed by atoms with Gasteiger partial charge in [0.2, 0.25) is 0 Å². The zero-order chi connectivity index (χ0) is 15.4. The summed E-state index contributed by atoms with van der Waals surface area (Å²) in [7, 11) is 0. The predicted octanol–water partition coefficient (Wildman–Crippen LogP) is 3.71. The Morgan fingerprint density at radius 2 is 1.73 bits per heavy atom. The van der Waals surface area contributed by atoms with Crippen LogP contribution in [0.1, 0.15) is 24.0 Å². The fourth-order valence-electron chi connectivity index (χ4n) is 2.83. The number of hydrogen-bond donors (Lipinski definition) is 1. The third-order valence-corrected chi connectivity index (χ3v) is 4.28. The molecule has 2 N–H and O–H groups in total. The first-order valence-electron chi connectivity index (χ1n) is 8.01. The molecule has 22 heavy (non-hydrogen) atoms. The molecule has 2 aromatic carbocycles. The highest BCUT2D eigenvalue weighted by Gasteiger charge is 2.15. The van der Waals surface area contributed by atoms with Crippen molar-refractivity contribution in [2.24, 2.45) is 5.73 Å². The molecule has 116 valence electrons. The summed E-state index contributed by atoms with van der Waals surface area (Å²) in [6.07, 6.45) is 2.21. The van der Waals surface area contributed by atoms with Gasteiger partial charge >= 0.3 is 0 Å². The van der Waals surface area contributed by atoms with Crippen molar-refractivity contribution in [3.8, 4) is 11.5 Å². The van der Waals surface area contributed by atoms with Crippen LogP contribution in [0.3, 0.4) is 0 Å². The summed E-state index contributed by atoms with van der Waals surface area (Å²) in [5, 5.41) is 0. The Hall–Kier alpha value is -1.84. The second kappa shape index (κ2) is 6.95. The molecule has 1 saturated heterocycles. The molecule has 0 saturated carbocycles. The van der Waals surface area contributed by atoms with Crippen LogP contribution in [-0.4, -0.2) is 24.0 Å². The maximum absolute atomic E-state index is 5.95. The number of aryl methyl sites for hydroxylation is 1. The van der Waals surface area contributed by atoms with Gasteiger partial charge in [-0.05, 0) is 62.2 Å². The van der Waals surface area contributed by atoms with Gasteiger partial charge in [-0.15, -0.1) is 0 Å². The summed E-state index contributed by atoms with van der Waals surface area (Å²) < 4.78 is 5.94. The van der Waals surface area contributed by atoms with Crippen LogP contribution in [0.5, 0.6) is 11.5 Å². The lowest BCUT2D eigenvalue weighted by Gasteiger charge is -2.30. The monoisotopic (exact) mass is 296 g/mol. The van der Waals surface area contributed by atoms with Gasteiger partial charge in [0.25, 0.3) is 0 Å². The number of nitrogens with zero attached hydrogens (tertiary/aromatic N) is 1. The molecule has 1 heterocycles. The zero-order valence-electron chi connectivity index (χ0n) is 13.2. The number of ether oxygens (including phenoxy) is 1. The first kappa shape index (κ1) is 15.1. The van der Waals surface area contributed by atoms with E-state index in [1.165, 1.54) is 5.56 Å². The minimum absolute atomic E-state index is 0.390. The second-order valence-corrected chi connectivity index (χ2v) is 6.13. The van der Waals surface area contributed by atoms with E-state index in [1.807, 2.05) is 18.2 Å². The highest BCUT2D eigenvalue weighted by atomic mass is 16.5. The maximum atomic E-state index is 5.95. The Bertz CT molecular complexity index is 601. The van der Waals surface area contributed by atoms with Gasteiger partial charge in [-0.25, -0.2) is 0 Å². The van der Waals surface area contributed by atoms with Crippen molar-refractivity contribution in [3.05, 3.63) is 59.7 Å². The number of benzene rings is 2. The van der Waals surface area contributed by atoms with Crippen LogP contribution in [-0.2, 0) is 6.54 Å². The Balaban J connectivity index is 1.59. The third-order valence-electron chi connectivity index (χ3n) is 4.28. The third kappa shape index (κ3) is 3.87. The predicted molar refractivity (Wildman–Crippen MR) is 90.2 cm³/mol. The largest absolute Gasteiger partial charge is 0.457 e. The van der Waals surface area contributed by atoms with E-state index < -0.39 is 0 Å². The molecule has 1 aliphatic rings. The lowest BCUT2D eigenvalue weighted by molar-refractivity contribution is 0.205. The minimum atomic E-state index is 0.390. The zero-order valence-corrected chi connectivity index (χ0v) is 13.2. The van der Waals surface area contributed by atoms with Gasteiger partial charge in [0, 0.05) is 12.6 Å². The molecule has 1 fully saturated rings. The molecule has 3 nitrogen and oxygen atoms in total. The van der Waals surface area contributed by atoms with Gasteiger partial charge in [0.1, 0.15) is 11.5 Å². The molecule has 0 bridgehead atoms. The van der Waals surface area contributed by atoms with Crippen LogP contribution in [0.25, 0.3) is 0 Å². The van der Waals surface area contributed by atoms with E-state index in [2.05, 4.69) is 42.2 Å². The summed E-state index contributed by atoms with van der Waals surface area (Å²) in [5.41, 5.74) is 8.43. The lowest BCUT2D eigenvalue weighted by Crippen LogP contribution is -2.39. The summed E-state index contributed by atoms with van der Waals surface area (Å²) in [4.78, 5) is 2.47. The summed E-state index contributed by atoms with van der Waals surface area (Å²) >= 11 is 0. The molecule has 2 aromatic rings. The number of nitrogens with two attached hydrogens (primary N) is 1. The molecule has 0 atom stereocenters. The van der Waals surface area contributed by atoms with Gasteiger partial charge in [-0.2, -0.15) is 0 Å². The number of likely N-dealkylation sites (tertiary alicyclic amines) is 1. The van der Waals surface area contributed by atoms with Crippen LogP contribution in [0.15, 0.2) is 48.5 Å². The van der Waals surface area contributed by atoms with Crippen LogP contribution >= 0.6 is 0 Å². The normalized spacial score (nSPS) is 16.6. The molecular formula is C19H24N2O. The quantitative estimate of drug-likeness (QED) is 0.934. The van der Waals surface area contributed by atoms with E-state index in [4.69, 9.17) is 10.5 Å². The topological polar surface area (TPSA) is 38.5 Å². The average Bonchev–Trinajstić information content (AvgIpc) is 2.54. The van der Waals surface area contributed by atoms with Crippen LogP contribution in [0.2, 0.25) is 0 Å². The molecule has 1 aliphatic heterocycles. The molecule has 0 aliphatic carbocycles. The maximum Gasteiger partial charge on any atom is 0.130 e. The standard InChI is InChI=1S/C19H24N2O/c1-15-4-2-3-5-19(15)22-18-8-6-16(7-9-18)14-21-12-10-17(20)11-13-21/h2-9,17H,10-14,20H2,1H3.